The number of carbonyl (C=O) groups is 2. The van der Waals surface area contributed by atoms with Crippen LogP contribution < -0.4 is 10.6 Å². The molecule has 2 amide bonds. The van der Waals surface area contributed by atoms with Crippen LogP contribution in [0.2, 0.25) is 0 Å². The van der Waals surface area contributed by atoms with E-state index < -0.39 is 6.10 Å². The van der Waals surface area contributed by atoms with Gasteiger partial charge in [0, 0.05) is 28.9 Å². The molecule has 1 saturated carbocycles. The summed E-state index contributed by atoms with van der Waals surface area (Å²) in [6.45, 7) is 3.72. The van der Waals surface area contributed by atoms with Crippen molar-refractivity contribution in [1.29, 1.82) is 0 Å². The molecule has 1 aromatic rings. The monoisotopic (exact) mass is 337 g/mol. The summed E-state index contributed by atoms with van der Waals surface area (Å²) in [4.78, 5) is 27.9. The van der Waals surface area contributed by atoms with Crippen LogP contribution in [0.25, 0.3) is 0 Å². The molecule has 1 aliphatic carbocycles. The quantitative estimate of drug-likeness (QED) is 0.725. The van der Waals surface area contributed by atoms with E-state index in [0.717, 1.165) is 24.3 Å². The fourth-order valence-corrected chi connectivity index (χ4v) is 4.34. The third-order valence-electron chi connectivity index (χ3n) is 4.59. The summed E-state index contributed by atoms with van der Waals surface area (Å²) in [6.07, 6.45) is 1.30. The highest BCUT2D eigenvalue weighted by Gasteiger charge is 2.40. The van der Waals surface area contributed by atoms with Crippen molar-refractivity contribution in [1.82, 2.24) is 15.5 Å². The number of aryl methyl sites for hydroxylation is 1. The Morgan fingerprint density at radius 2 is 2.30 bits per heavy atom. The largest absolute Gasteiger partial charge is 0.389 e. The summed E-state index contributed by atoms with van der Waals surface area (Å²) in [6, 6.07) is 3.71. The molecular weight excluding hydrogens is 314 g/mol. The summed E-state index contributed by atoms with van der Waals surface area (Å²) in [5.41, 5.74) is 0. The van der Waals surface area contributed by atoms with Crippen molar-refractivity contribution in [2.45, 2.75) is 44.4 Å². The lowest BCUT2D eigenvalue weighted by Gasteiger charge is -2.34. The summed E-state index contributed by atoms with van der Waals surface area (Å²) >= 11 is 1.62. The second kappa shape index (κ2) is 6.98. The number of thiophene rings is 1. The van der Waals surface area contributed by atoms with Gasteiger partial charge in [-0.2, -0.15) is 0 Å². The lowest BCUT2D eigenvalue weighted by atomic mass is 10.1. The minimum Gasteiger partial charge on any atom is -0.389 e. The molecule has 7 heteroatoms. The number of hydrogen-bond donors (Lipinski definition) is 3. The van der Waals surface area contributed by atoms with Crippen molar-refractivity contribution in [2.75, 3.05) is 19.6 Å². The van der Waals surface area contributed by atoms with Crippen LogP contribution in [0.5, 0.6) is 0 Å². The van der Waals surface area contributed by atoms with Gasteiger partial charge in [0.2, 0.25) is 11.8 Å². The van der Waals surface area contributed by atoms with E-state index >= 15 is 0 Å². The van der Waals surface area contributed by atoms with Crippen LogP contribution in [0.1, 0.15) is 22.6 Å². The predicted molar refractivity (Wildman–Crippen MR) is 88.3 cm³/mol. The van der Waals surface area contributed by atoms with Crippen LogP contribution in [-0.4, -0.2) is 59.6 Å². The fraction of sp³-hybridized carbons (Fsp3) is 0.625. The first kappa shape index (κ1) is 16.4. The predicted octanol–water partition coefficient (Wildman–Crippen LogP) is 0.0389. The number of nitrogens with one attached hydrogen (secondary N) is 2. The maximum atomic E-state index is 12.2. The Hall–Kier alpha value is -1.44. The van der Waals surface area contributed by atoms with Gasteiger partial charge in [-0.25, -0.2) is 0 Å². The van der Waals surface area contributed by atoms with Gasteiger partial charge >= 0.3 is 0 Å². The average molecular weight is 337 g/mol. The second-order valence-electron chi connectivity index (χ2n) is 6.32. The van der Waals surface area contributed by atoms with Gasteiger partial charge in [0.1, 0.15) is 0 Å². The zero-order valence-electron chi connectivity index (χ0n) is 13.2. The Bertz CT molecular complexity index is 589. The number of hydrogen-bond acceptors (Lipinski definition) is 5. The van der Waals surface area contributed by atoms with Crippen molar-refractivity contribution in [3.8, 4) is 0 Å². The molecule has 6 nitrogen and oxygen atoms in total. The molecule has 0 unspecified atom stereocenters. The van der Waals surface area contributed by atoms with E-state index in [1.807, 2.05) is 24.0 Å². The molecule has 0 bridgehead atoms. The van der Waals surface area contributed by atoms with Gasteiger partial charge in [-0.3, -0.25) is 14.5 Å². The second-order valence-corrected chi connectivity index (χ2v) is 7.69. The van der Waals surface area contributed by atoms with E-state index in [1.54, 1.807) is 11.3 Å². The summed E-state index contributed by atoms with van der Waals surface area (Å²) in [5, 5.41) is 16.3. The van der Waals surface area contributed by atoms with Gasteiger partial charge in [-0.1, -0.05) is 0 Å². The van der Waals surface area contributed by atoms with Crippen LogP contribution in [0, 0.1) is 6.92 Å². The Kier molecular flexibility index (Phi) is 4.99. The summed E-state index contributed by atoms with van der Waals surface area (Å²) in [5.74, 6) is -0.0445. The SMILES string of the molecule is Cc1ccc(CC(=O)N[C@@H]2CC[C@@H](N3CCNC(=O)C3)[C@@H]2O)s1. The van der Waals surface area contributed by atoms with Crippen molar-refractivity contribution in [3.05, 3.63) is 21.9 Å². The van der Waals surface area contributed by atoms with Crippen molar-refractivity contribution in [2.24, 2.45) is 0 Å². The molecule has 0 radical (unpaired) electrons. The van der Waals surface area contributed by atoms with Gasteiger partial charge in [0.15, 0.2) is 0 Å². The number of aliphatic hydroxyl groups excluding tert-OH is 1. The van der Waals surface area contributed by atoms with Crippen LogP contribution >= 0.6 is 11.3 Å². The molecule has 3 N–H and O–H groups in total. The van der Waals surface area contributed by atoms with Gasteiger partial charge in [0.05, 0.1) is 25.1 Å². The molecule has 3 rings (SSSR count). The molecule has 2 heterocycles. The Balaban J connectivity index is 1.53. The molecular formula is C16H23N3O3S. The number of aliphatic hydroxyl groups is 1. The third kappa shape index (κ3) is 3.91. The number of rotatable bonds is 4. The first-order valence-electron chi connectivity index (χ1n) is 8.06. The smallest absolute Gasteiger partial charge is 0.234 e. The number of carbonyl (C=O) groups excluding carboxylic acids is 2. The summed E-state index contributed by atoms with van der Waals surface area (Å²) < 4.78 is 0. The number of nitrogens with zero attached hydrogens (tertiary/aromatic N) is 1. The maximum Gasteiger partial charge on any atom is 0.234 e. The first-order valence-corrected chi connectivity index (χ1v) is 8.88. The molecule has 126 valence electrons. The molecule has 23 heavy (non-hydrogen) atoms. The molecule has 3 atom stereocenters. The Morgan fingerprint density at radius 3 is 3.00 bits per heavy atom. The van der Waals surface area contributed by atoms with E-state index in [2.05, 4.69) is 10.6 Å². The molecule has 2 fully saturated rings. The number of piperazine rings is 1. The van der Waals surface area contributed by atoms with E-state index in [4.69, 9.17) is 0 Å². The fourth-order valence-electron chi connectivity index (χ4n) is 3.45. The van der Waals surface area contributed by atoms with E-state index in [0.29, 0.717) is 19.5 Å². The van der Waals surface area contributed by atoms with E-state index in [-0.39, 0.29) is 23.9 Å². The molecule has 0 aromatic carbocycles. The molecule has 1 saturated heterocycles. The standard InChI is InChI=1S/C16H23N3O3S/c1-10-2-3-11(23-10)8-14(20)18-12-4-5-13(16(12)22)19-7-6-17-15(21)9-19/h2-3,12-13,16,22H,4-9H2,1H3,(H,17,21)(H,18,20)/t12-,13-,16-/m1/s1. The minimum absolute atomic E-state index is 0.00370. The number of amides is 2. The normalized spacial score (nSPS) is 28.6. The van der Waals surface area contributed by atoms with Crippen LogP contribution in [0.15, 0.2) is 12.1 Å². The van der Waals surface area contributed by atoms with Crippen molar-refractivity contribution < 1.29 is 14.7 Å². The Morgan fingerprint density at radius 1 is 1.48 bits per heavy atom. The van der Waals surface area contributed by atoms with Gasteiger partial charge in [0.25, 0.3) is 0 Å². The highest BCUT2D eigenvalue weighted by Crippen LogP contribution is 2.25. The lowest BCUT2D eigenvalue weighted by molar-refractivity contribution is -0.126. The topological polar surface area (TPSA) is 81.7 Å². The minimum atomic E-state index is -0.616. The first-order chi connectivity index (χ1) is 11.0. The lowest BCUT2D eigenvalue weighted by Crippen LogP contribution is -2.55. The van der Waals surface area contributed by atoms with Crippen LogP contribution in [-0.2, 0) is 16.0 Å². The van der Waals surface area contributed by atoms with Crippen LogP contribution in [0.4, 0.5) is 0 Å². The van der Waals surface area contributed by atoms with Gasteiger partial charge in [-0.15, -0.1) is 11.3 Å². The highest BCUT2D eigenvalue weighted by atomic mass is 32.1. The van der Waals surface area contributed by atoms with E-state index in [1.165, 1.54) is 4.88 Å². The zero-order chi connectivity index (χ0) is 16.4. The maximum absolute atomic E-state index is 12.2. The van der Waals surface area contributed by atoms with Crippen molar-refractivity contribution in [3.63, 3.8) is 0 Å². The highest BCUT2D eigenvalue weighted by molar-refractivity contribution is 7.12. The average Bonchev–Trinajstić information content (AvgIpc) is 3.06. The third-order valence-corrected chi connectivity index (χ3v) is 5.59. The van der Waals surface area contributed by atoms with E-state index in [9.17, 15) is 14.7 Å². The molecule has 2 aliphatic rings. The molecule has 1 aromatic heterocycles. The molecule has 0 spiro atoms. The van der Waals surface area contributed by atoms with Crippen LogP contribution in [0.3, 0.4) is 0 Å². The summed E-state index contributed by atoms with van der Waals surface area (Å²) in [7, 11) is 0. The molecule has 1 aliphatic heterocycles. The van der Waals surface area contributed by atoms with Gasteiger partial charge < -0.3 is 15.7 Å². The van der Waals surface area contributed by atoms with Crippen molar-refractivity contribution >= 4 is 23.2 Å². The zero-order valence-corrected chi connectivity index (χ0v) is 14.1. The van der Waals surface area contributed by atoms with Gasteiger partial charge in [-0.05, 0) is 31.9 Å². The Labute approximate surface area is 139 Å².